The smallest absolute Gasteiger partial charge is 0.268 e. The number of rotatable bonds is 2. The first-order chi connectivity index (χ1) is 9.07. The predicted molar refractivity (Wildman–Crippen MR) is 75.8 cm³/mol. The first-order valence-electron chi connectivity index (χ1n) is 6.77. The second kappa shape index (κ2) is 4.72. The molecule has 102 valence electrons. The van der Waals surface area contributed by atoms with Crippen molar-refractivity contribution in [2.75, 3.05) is 0 Å². The number of aromatic nitrogens is 2. The van der Waals surface area contributed by atoms with E-state index in [-0.39, 0.29) is 0 Å². The lowest BCUT2D eigenvalue weighted by molar-refractivity contribution is 0.222. The highest BCUT2D eigenvalue weighted by Gasteiger charge is 2.37. The molecule has 3 rings (SSSR count). The van der Waals surface area contributed by atoms with Crippen LogP contribution in [0.15, 0.2) is 16.7 Å². The maximum atomic E-state index is 6.49. The minimum Gasteiger partial charge on any atom is -0.333 e. The van der Waals surface area contributed by atoms with Gasteiger partial charge in [0.25, 0.3) is 5.89 Å². The van der Waals surface area contributed by atoms with Crippen LogP contribution in [-0.4, -0.2) is 10.1 Å². The van der Waals surface area contributed by atoms with Gasteiger partial charge in [-0.25, -0.2) is 0 Å². The Kier molecular flexibility index (Phi) is 3.19. The third kappa shape index (κ3) is 2.44. The van der Waals surface area contributed by atoms with Gasteiger partial charge in [0.05, 0.1) is 10.4 Å². The Balaban J connectivity index is 1.88. The molecular weight excluding hydrogens is 258 g/mol. The van der Waals surface area contributed by atoms with Gasteiger partial charge in [-0.15, -0.1) is 11.3 Å². The van der Waals surface area contributed by atoms with Gasteiger partial charge in [-0.1, -0.05) is 24.9 Å². The first kappa shape index (κ1) is 12.8. The van der Waals surface area contributed by atoms with Crippen LogP contribution in [0.3, 0.4) is 0 Å². The van der Waals surface area contributed by atoms with Crippen LogP contribution in [0.1, 0.15) is 43.3 Å². The molecule has 0 amide bonds. The van der Waals surface area contributed by atoms with Crippen molar-refractivity contribution in [2.24, 2.45) is 11.7 Å². The monoisotopic (exact) mass is 277 g/mol. The standard InChI is InChI=1S/C14H19N3OS/c1-9-4-3-7-14(15,8-9)13-16-12(18-17-13)11-6-5-10(2)19-11/h5-6,9H,3-4,7-8,15H2,1-2H3. The van der Waals surface area contributed by atoms with Gasteiger partial charge in [-0.05, 0) is 37.8 Å². The molecule has 2 atom stereocenters. The van der Waals surface area contributed by atoms with E-state index in [0.717, 1.165) is 24.1 Å². The molecule has 1 aliphatic rings. The largest absolute Gasteiger partial charge is 0.333 e. The molecule has 0 aliphatic heterocycles. The maximum Gasteiger partial charge on any atom is 0.268 e. The Morgan fingerprint density at radius 3 is 3.00 bits per heavy atom. The van der Waals surface area contributed by atoms with Crippen LogP contribution in [0, 0.1) is 12.8 Å². The molecule has 19 heavy (non-hydrogen) atoms. The number of hydrogen-bond donors (Lipinski definition) is 1. The molecule has 0 radical (unpaired) electrons. The lowest BCUT2D eigenvalue weighted by Crippen LogP contribution is -2.42. The van der Waals surface area contributed by atoms with E-state index in [4.69, 9.17) is 10.3 Å². The van der Waals surface area contributed by atoms with Crippen molar-refractivity contribution in [3.63, 3.8) is 0 Å². The molecule has 0 saturated heterocycles. The number of aryl methyl sites for hydroxylation is 1. The van der Waals surface area contributed by atoms with Crippen molar-refractivity contribution in [3.8, 4) is 10.8 Å². The van der Waals surface area contributed by atoms with Crippen molar-refractivity contribution in [2.45, 2.75) is 45.1 Å². The zero-order valence-electron chi connectivity index (χ0n) is 11.3. The summed E-state index contributed by atoms with van der Waals surface area (Å²) in [6.07, 6.45) is 4.27. The number of nitrogens with zero attached hydrogens (tertiary/aromatic N) is 2. The Labute approximate surface area is 117 Å². The summed E-state index contributed by atoms with van der Waals surface area (Å²) >= 11 is 1.66. The van der Waals surface area contributed by atoms with E-state index in [2.05, 4.69) is 30.1 Å². The Morgan fingerprint density at radius 1 is 1.47 bits per heavy atom. The molecule has 1 aliphatic carbocycles. The van der Waals surface area contributed by atoms with E-state index in [1.165, 1.54) is 11.3 Å². The fourth-order valence-corrected chi connectivity index (χ4v) is 3.66. The van der Waals surface area contributed by atoms with E-state index in [1.54, 1.807) is 11.3 Å². The lowest BCUT2D eigenvalue weighted by atomic mass is 9.76. The van der Waals surface area contributed by atoms with Crippen molar-refractivity contribution in [1.82, 2.24) is 10.1 Å². The molecule has 1 fully saturated rings. The Hall–Kier alpha value is -1.20. The molecule has 5 heteroatoms. The number of hydrogen-bond acceptors (Lipinski definition) is 5. The fourth-order valence-electron chi connectivity index (χ4n) is 2.87. The molecule has 0 aromatic carbocycles. The highest BCUT2D eigenvalue weighted by Crippen LogP contribution is 2.37. The second-order valence-electron chi connectivity index (χ2n) is 5.69. The second-order valence-corrected chi connectivity index (χ2v) is 6.98. The van der Waals surface area contributed by atoms with E-state index in [9.17, 15) is 0 Å². The van der Waals surface area contributed by atoms with Gasteiger partial charge in [-0.3, -0.25) is 0 Å². The molecule has 4 nitrogen and oxygen atoms in total. The number of thiophene rings is 1. The van der Waals surface area contributed by atoms with Gasteiger partial charge in [0.2, 0.25) is 0 Å². The zero-order chi connectivity index (χ0) is 13.5. The molecule has 2 N–H and O–H groups in total. The molecule has 2 aromatic rings. The summed E-state index contributed by atoms with van der Waals surface area (Å²) < 4.78 is 5.39. The van der Waals surface area contributed by atoms with Crippen molar-refractivity contribution in [3.05, 3.63) is 22.8 Å². The minimum atomic E-state index is -0.411. The highest BCUT2D eigenvalue weighted by atomic mass is 32.1. The SMILES string of the molecule is Cc1ccc(-c2nc(C3(N)CCCC(C)C3)no2)s1. The summed E-state index contributed by atoms with van der Waals surface area (Å²) in [5, 5.41) is 4.13. The van der Waals surface area contributed by atoms with Crippen LogP contribution in [-0.2, 0) is 5.54 Å². The van der Waals surface area contributed by atoms with Crippen molar-refractivity contribution >= 4 is 11.3 Å². The molecule has 2 aromatic heterocycles. The Morgan fingerprint density at radius 2 is 2.32 bits per heavy atom. The summed E-state index contributed by atoms with van der Waals surface area (Å²) in [6.45, 7) is 4.31. The predicted octanol–water partition coefficient (Wildman–Crippen LogP) is 3.47. The molecule has 2 unspecified atom stereocenters. The third-order valence-electron chi connectivity index (χ3n) is 3.86. The molecule has 2 heterocycles. The van der Waals surface area contributed by atoms with E-state index < -0.39 is 5.54 Å². The lowest BCUT2D eigenvalue weighted by Gasteiger charge is -2.33. The molecule has 0 bridgehead atoms. The van der Waals surface area contributed by atoms with Gasteiger partial charge in [-0.2, -0.15) is 4.98 Å². The van der Waals surface area contributed by atoms with Gasteiger partial charge in [0.15, 0.2) is 5.82 Å². The van der Waals surface area contributed by atoms with Crippen molar-refractivity contribution < 1.29 is 4.52 Å². The average Bonchev–Trinajstić information content (AvgIpc) is 2.96. The zero-order valence-corrected chi connectivity index (χ0v) is 12.2. The summed E-state index contributed by atoms with van der Waals surface area (Å²) in [6, 6.07) is 4.08. The summed E-state index contributed by atoms with van der Waals surface area (Å²) in [4.78, 5) is 6.79. The molecule has 0 spiro atoms. The summed E-state index contributed by atoms with van der Waals surface area (Å²) in [5.74, 6) is 1.89. The van der Waals surface area contributed by atoms with Gasteiger partial charge >= 0.3 is 0 Å². The minimum absolute atomic E-state index is 0.411. The topological polar surface area (TPSA) is 64.9 Å². The van der Waals surface area contributed by atoms with Crippen LogP contribution in [0.2, 0.25) is 0 Å². The van der Waals surface area contributed by atoms with Crippen LogP contribution in [0.25, 0.3) is 10.8 Å². The maximum absolute atomic E-state index is 6.49. The average molecular weight is 277 g/mol. The Bertz CT molecular complexity index is 577. The third-order valence-corrected chi connectivity index (χ3v) is 4.84. The van der Waals surface area contributed by atoms with Crippen molar-refractivity contribution in [1.29, 1.82) is 0 Å². The van der Waals surface area contributed by atoms with E-state index in [1.807, 2.05) is 6.07 Å². The summed E-state index contributed by atoms with van der Waals surface area (Å²) in [7, 11) is 0. The first-order valence-corrected chi connectivity index (χ1v) is 7.58. The van der Waals surface area contributed by atoms with Crippen LogP contribution >= 0.6 is 11.3 Å². The van der Waals surface area contributed by atoms with E-state index in [0.29, 0.717) is 17.6 Å². The number of nitrogens with two attached hydrogens (primary N) is 1. The van der Waals surface area contributed by atoms with Gasteiger partial charge in [0.1, 0.15) is 0 Å². The van der Waals surface area contributed by atoms with Crippen LogP contribution in [0.4, 0.5) is 0 Å². The van der Waals surface area contributed by atoms with Gasteiger partial charge < -0.3 is 10.3 Å². The fraction of sp³-hybridized carbons (Fsp3) is 0.571. The molecule has 1 saturated carbocycles. The van der Waals surface area contributed by atoms with E-state index >= 15 is 0 Å². The quantitative estimate of drug-likeness (QED) is 0.912. The summed E-state index contributed by atoms with van der Waals surface area (Å²) in [5.41, 5.74) is 6.07. The highest BCUT2D eigenvalue weighted by molar-refractivity contribution is 7.15. The normalized spacial score (nSPS) is 27.6. The van der Waals surface area contributed by atoms with Crippen LogP contribution < -0.4 is 5.73 Å². The molecular formula is C14H19N3OS. The van der Waals surface area contributed by atoms with Crippen LogP contribution in [0.5, 0.6) is 0 Å². The van der Waals surface area contributed by atoms with Gasteiger partial charge in [0, 0.05) is 4.88 Å².